The van der Waals surface area contributed by atoms with E-state index < -0.39 is 5.41 Å². The van der Waals surface area contributed by atoms with E-state index >= 15 is 0 Å². The number of carbonyl (C=O) groups is 1. The zero-order valence-corrected chi connectivity index (χ0v) is 19.1. The number of rotatable bonds is 7. The van der Waals surface area contributed by atoms with Crippen molar-refractivity contribution in [2.45, 2.75) is 25.3 Å². The second-order valence-corrected chi connectivity index (χ2v) is 9.42. The molecule has 1 amide bonds. The Morgan fingerprint density at radius 3 is 2.45 bits per heavy atom. The summed E-state index contributed by atoms with van der Waals surface area (Å²) in [6.07, 6.45) is 4.23. The Morgan fingerprint density at radius 1 is 0.970 bits per heavy atom. The van der Waals surface area contributed by atoms with E-state index in [9.17, 15) is 4.79 Å². The standard InChI is InChI=1S/C27H24N4OS/c1-27(21-8-3-2-4-9-21,18-25-30-23-10-5-6-11-24(23)33-25)26(32)29-22-14-12-20(13-15-22)19-31-17-7-16-28-31/h2-17H,18-19H2,1H3,(H,29,32). The van der Waals surface area contributed by atoms with Gasteiger partial charge in [0, 0.05) is 24.5 Å². The van der Waals surface area contributed by atoms with Gasteiger partial charge in [-0.05, 0) is 48.4 Å². The van der Waals surface area contributed by atoms with Crippen molar-refractivity contribution in [2.75, 3.05) is 5.32 Å². The highest BCUT2D eigenvalue weighted by molar-refractivity contribution is 7.18. The number of aromatic nitrogens is 3. The SMILES string of the molecule is CC(Cc1nc2ccccc2s1)(C(=O)Nc1ccc(Cn2cccn2)cc1)c1ccccc1. The Labute approximate surface area is 196 Å². The summed E-state index contributed by atoms with van der Waals surface area (Å²) in [4.78, 5) is 18.4. The highest BCUT2D eigenvalue weighted by atomic mass is 32.1. The van der Waals surface area contributed by atoms with Crippen molar-refractivity contribution in [3.05, 3.63) is 113 Å². The number of anilines is 1. The average molecular weight is 453 g/mol. The number of nitrogens with zero attached hydrogens (tertiary/aromatic N) is 3. The summed E-state index contributed by atoms with van der Waals surface area (Å²) in [5, 5.41) is 8.33. The molecular formula is C27H24N4OS. The lowest BCUT2D eigenvalue weighted by atomic mass is 9.78. The fourth-order valence-electron chi connectivity index (χ4n) is 3.96. The van der Waals surface area contributed by atoms with E-state index in [1.54, 1.807) is 17.5 Å². The van der Waals surface area contributed by atoms with E-state index in [2.05, 4.69) is 16.5 Å². The summed E-state index contributed by atoms with van der Waals surface area (Å²) < 4.78 is 3.01. The minimum absolute atomic E-state index is 0.0483. The molecule has 5 aromatic rings. The molecule has 0 fully saturated rings. The van der Waals surface area contributed by atoms with E-state index in [1.807, 2.05) is 96.7 Å². The highest BCUT2D eigenvalue weighted by Gasteiger charge is 2.36. The Kier molecular flexibility index (Phi) is 5.75. The van der Waals surface area contributed by atoms with Crippen LogP contribution in [0.2, 0.25) is 0 Å². The number of para-hydroxylation sites is 1. The smallest absolute Gasteiger partial charge is 0.235 e. The maximum atomic E-state index is 13.6. The number of carbonyl (C=O) groups excluding carboxylic acids is 1. The quantitative estimate of drug-likeness (QED) is 0.346. The van der Waals surface area contributed by atoms with Crippen LogP contribution in [0.5, 0.6) is 0 Å². The molecule has 5 rings (SSSR count). The van der Waals surface area contributed by atoms with Crippen LogP contribution < -0.4 is 5.32 Å². The van der Waals surface area contributed by atoms with Crippen molar-refractivity contribution in [1.82, 2.24) is 14.8 Å². The normalized spacial score (nSPS) is 13.0. The molecule has 1 N–H and O–H groups in total. The molecule has 5 nitrogen and oxygen atoms in total. The van der Waals surface area contributed by atoms with Gasteiger partial charge in [0.05, 0.1) is 27.2 Å². The predicted octanol–water partition coefficient (Wildman–Crippen LogP) is 5.68. The topological polar surface area (TPSA) is 59.8 Å². The third kappa shape index (κ3) is 4.56. The molecule has 6 heteroatoms. The van der Waals surface area contributed by atoms with Crippen molar-refractivity contribution in [2.24, 2.45) is 0 Å². The number of hydrogen-bond acceptors (Lipinski definition) is 4. The van der Waals surface area contributed by atoms with Gasteiger partial charge in [-0.15, -0.1) is 11.3 Å². The third-order valence-corrected chi connectivity index (χ3v) is 6.91. The van der Waals surface area contributed by atoms with Crippen LogP contribution >= 0.6 is 11.3 Å². The van der Waals surface area contributed by atoms with Gasteiger partial charge in [-0.3, -0.25) is 9.48 Å². The van der Waals surface area contributed by atoms with Gasteiger partial charge in [-0.1, -0.05) is 54.6 Å². The van der Waals surface area contributed by atoms with E-state index in [4.69, 9.17) is 4.98 Å². The van der Waals surface area contributed by atoms with Crippen molar-refractivity contribution >= 4 is 33.1 Å². The van der Waals surface area contributed by atoms with Crippen LogP contribution in [0.4, 0.5) is 5.69 Å². The first-order valence-corrected chi connectivity index (χ1v) is 11.7. The van der Waals surface area contributed by atoms with E-state index in [0.29, 0.717) is 13.0 Å². The Balaban J connectivity index is 1.39. The van der Waals surface area contributed by atoms with Gasteiger partial charge in [-0.25, -0.2) is 4.98 Å². The Hall–Kier alpha value is -3.77. The molecule has 0 saturated heterocycles. The molecule has 1 atom stereocenters. The van der Waals surface area contributed by atoms with Gasteiger partial charge in [0.15, 0.2) is 0 Å². The molecule has 1 unspecified atom stereocenters. The first kappa shape index (κ1) is 21.1. The zero-order chi connectivity index (χ0) is 22.7. The summed E-state index contributed by atoms with van der Waals surface area (Å²) >= 11 is 1.65. The van der Waals surface area contributed by atoms with Crippen molar-refractivity contribution in [3.63, 3.8) is 0 Å². The van der Waals surface area contributed by atoms with Crippen molar-refractivity contribution in [3.8, 4) is 0 Å². The number of thiazole rings is 1. The second-order valence-electron chi connectivity index (χ2n) is 8.30. The number of nitrogens with one attached hydrogen (secondary N) is 1. The Morgan fingerprint density at radius 2 is 1.73 bits per heavy atom. The molecule has 0 bridgehead atoms. The minimum Gasteiger partial charge on any atom is -0.325 e. The van der Waals surface area contributed by atoms with Gasteiger partial charge >= 0.3 is 0 Å². The molecule has 3 aromatic carbocycles. The number of hydrogen-bond donors (Lipinski definition) is 1. The van der Waals surface area contributed by atoms with Crippen LogP contribution in [-0.4, -0.2) is 20.7 Å². The first-order valence-electron chi connectivity index (χ1n) is 10.9. The lowest BCUT2D eigenvalue weighted by Gasteiger charge is -2.28. The largest absolute Gasteiger partial charge is 0.325 e. The molecule has 164 valence electrons. The molecule has 2 aromatic heterocycles. The Bertz CT molecular complexity index is 1330. The van der Waals surface area contributed by atoms with Crippen molar-refractivity contribution in [1.29, 1.82) is 0 Å². The van der Waals surface area contributed by atoms with Gasteiger partial charge in [0.1, 0.15) is 0 Å². The fraction of sp³-hybridized carbons (Fsp3) is 0.148. The molecule has 2 heterocycles. The monoisotopic (exact) mass is 452 g/mol. The lowest BCUT2D eigenvalue weighted by Crippen LogP contribution is -2.39. The van der Waals surface area contributed by atoms with Crippen LogP contribution in [0, 0.1) is 0 Å². The first-order chi connectivity index (χ1) is 16.1. The zero-order valence-electron chi connectivity index (χ0n) is 18.3. The van der Waals surface area contributed by atoms with E-state index in [1.165, 1.54) is 0 Å². The summed E-state index contributed by atoms with van der Waals surface area (Å²) in [6, 6.07) is 27.9. The summed E-state index contributed by atoms with van der Waals surface area (Å²) in [6.45, 7) is 2.69. The molecule has 0 radical (unpaired) electrons. The molecule has 0 aliphatic heterocycles. The maximum Gasteiger partial charge on any atom is 0.235 e. The molecule has 0 aliphatic carbocycles. The van der Waals surface area contributed by atoms with E-state index in [-0.39, 0.29) is 5.91 Å². The lowest BCUT2D eigenvalue weighted by molar-refractivity contribution is -0.121. The molecule has 33 heavy (non-hydrogen) atoms. The molecule has 0 aliphatic rings. The van der Waals surface area contributed by atoms with Gasteiger partial charge < -0.3 is 5.32 Å². The van der Waals surface area contributed by atoms with Gasteiger partial charge in [-0.2, -0.15) is 5.10 Å². The average Bonchev–Trinajstić information content (AvgIpc) is 3.50. The van der Waals surface area contributed by atoms with Gasteiger partial charge in [0.2, 0.25) is 5.91 Å². The third-order valence-electron chi connectivity index (χ3n) is 5.87. The summed E-state index contributed by atoms with van der Waals surface area (Å²) in [5.74, 6) is -0.0483. The van der Waals surface area contributed by atoms with Gasteiger partial charge in [0.25, 0.3) is 0 Å². The molecule has 0 spiro atoms. The predicted molar refractivity (Wildman–Crippen MR) is 134 cm³/mol. The van der Waals surface area contributed by atoms with Crippen LogP contribution in [0.1, 0.15) is 23.1 Å². The highest BCUT2D eigenvalue weighted by Crippen LogP contribution is 2.33. The molecular weight excluding hydrogens is 428 g/mol. The number of benzene rings is 3. The number of amides is 1. The van der Waals surface area contributed by atoms with Crippen LogP contribution in [-0.2, 0) is 23.2 Å². The molecule has 0 saturated carbocycles. The number of fused-ring (bicyclic) bond motifs is 1. The minimum atomic E-state index is -0.761. The maximum absolute atomic E-state index is 13.6. The second kappa shape index (κ2) is 9.00. The fourth-order valence-corrected chi connectivity index (χ4v) is 5.08. The van der Waals surface area contributed by atoms with E-state index in [0.717, 1.165) is 32.0 Å². The van der Waals surface area contributed by atoms with Crippen LogP contribution in [0.15, 0.2) is 97.3 Å². The summed E-state index contributed by atoms with van der Waals surface area (Å²) in [5.41, 5.74) is 3.08. The summed E-state index contributed by atoms with van der Waals surface area (Å²) in [7, 11) is 0. The van der Waals surface area contributed by atoms with Crippen LogP contribution in [0.25, 0.3) is 10.2 Å². The van der Waals surface area contributed by atoms with Crippen LogP contribution in [0.3, 0.4) is 0 Å². The van der Waals surface area contributed by atoms with Crippen molar-refractivity contribution < 1.29 is 4.79 Å².